The number of nitrogens with zero attached hydrogens (tertiary/aromatic N) is 1. The van der Waals surface area contributed by atoms with Gasteiger partial charge in [0.2, 0.25) is 5.75 Å². The first-order valence-corrected chi connectivity index (χ1v) is 9.04. The molecule has 1 heterocycles. The molecule has 0 saturated carbocycles. The maximum absolute atomic E-state index is 6.46. The van der Waals surface area contributed by atoms with Crippen molar-refractivity contribution in [2.45, 2.75) is 12.6 Å². The molecule has 140 valence electrons. The van der Waals surface area contributed by atoms with E-state index in [0.29, 0.717) is 17.2 Å². The number of methoxy groups -OCH3 is 3. The fraction of sp³-hybridized carbons (Fsp3) is 0.400. The highest BCUT2D eigenvalue weighted by Gasteiger charge is 2.27. The van der Waals surface area contributed by atoms with E-state index in [-0.39, 0.29) is 6.04 Å². The Labute approximate surface area is 159 Å². The van der Waals surface area contributed by atoms with Gasteiger partial charge in [0, 0.05) is 42.8 Å². The molecule has 0 spiro atoms. The smallest absolute Gasteiger partial charge is 0.203 e. The molecular weight excluding hydrogens is 352 g/mol. The number of nitrogens with one attached hydrogen (secondary N) is 1. The molecular formula is C20H25ClN2O3. The van der Waals surface area contributed by atoms with E-state index in [1.165, 1.54) is 0 Å². The van der Waals surface area contributed by atoms with Gasteiger partial charge >= 0.3 is 0 Å². The van der Waals surface area contributed by atoms with Crippen molar-refractivity contribution >= 4 is 11.6 Å². The van der Waals surface area contributed by atoms with Crippen LogP contribution in [0.4, 0.5) is 0 Å². The maximum Gasteiger partial charge on any atom is 0.203 e. The van der Waals surface area contributed by atoms with Crippen LogP contribution in [0.25, 0.3) is 0 Å². The number of ether oxygens (including phenoxy) is 3. The summed E-state index contributed by atoms with van der Waals surface area (Å²) in [4.78, 5) is 2.42. The Hall–Kier alpha value is -1.95. The van der Waals surface area contributed by atoms with Gasteiger partial charge in [-0.2, -0.15) is 0 Å². The number of hydrogen-bond donors (Lipinski definition) is 1. The van der Waals surface area contributed by atoms with E-state index < -0.39 is 0 Å². The van der Waals surface area contributed by atoms with E-state index in [0.717, 1.165) is 42.3 Å². The van der Waals surface area contributed by atoms with Crippen LogP contribution in [0.2, 0.25) is 5.02 Å². The fourth-order valence-corrected chi connectivity index (χ4v) is 3.76. The van der Waals surface area contributed by atoms with Crippen molar-refractivity contribution in [1.29, 1.82) is 0 Å². The number of rotatable bonds is 6. The summed E-state index contributed by atoms with van der Waals surface area (Å²) in [7, 11) is 4.91. The molecule has 1 saturated heterocycles. The summed E-state index contributed by atoms with van der Waals surface area (Å²) in [5.41, 5.74) is 2.20. The minimum absolute atomic E-state index is 0.204. The van der Waals surface area contributed by atoms with Gasteiger partial charge in [-0.1, -0.05) is 35.9 Å². The molecule has 0 amide bonds. The van der Waals surface area contributed by atoms with Crippen LogP contribution in [-0.4, -0.2) is 45.9 Å². The van der Waals surface area contributed by atoms with Crippen molar-refractivity contribution in [2.24, 2.45) is 0 Å². The minimum Gasteiger partial charge on any atom is -0.493 e. The maximum atomic E-state index is 6.46. The lowest BCUT2D eigenvalue weighted by Crippen LogP contribution is -2.45. The predicted molar refractivity (Wildman–Crippen MR) is 104 cm³/mol. The van der Waals surface area contributed by atoms with Crippen molar-refractivity contribution in [3.05, 3.63) is 52.5 Å². The average Bonchev–Trinajstić information content (AvgIpc) is 2.68. The van der Waals surface area contributed by atoms with E-state index in [2.05, 4.69) is 16.3 Å². The summed E-state index contributed by atoms with van der Waals surface area (Å²) >= 11 is 6.46. The number of halogens is 1. The second-order valence-corrected chi connectivity index (χ2v) is 6.61. The third kappa shape index (κ3) is 3.75. The Morgan fingerprint density at radius 1 is 1.04 bits per heavy atom. The van der Waals surface area contributed by atoms with Crippen molar-refractivity contribution in [1.82, 2.24) is 10.2 Å². The van der Waals surface area contributed by atoms with E-state index in [9.17, 15) is 0 Å². The summed E-state index contributed by atoms with van der Waals surface area (Å²) in [6, 6.07) is 12.2. The summed E-state index contributed by atoms with van der Waals surface area (Å²) in [5, 5.41) is 4.27. The Morgan fingerprint density at radius 3 is 2.50 bits per heavy atom. The predicted octanol–water partition coefficient (Wildman–Crippen LogP) is 3.51. The molecule has 2 aromatic rings. The molecule has 2 aromatic carbocycles. The molecule has 1 fully saturated rings. The molecule has 0 aromatic heterocycles. The molecule has 1 N–H and O–H groups in total. The third-order valence-corrected chi connectivity index (χ3v) is 5.12. The zero-order valence-electron chi connectivity index (χ0n) is 15.4. The van der Waals surface area contributed by atoms with Crippen LogP contribution in [0, 0.1) is 0 Å². The first-order chi connectivity index (χ1) is 12.7. The normalized spacial score (nSPS) is 17.8. The van der Waals surface area contributed by atoms with Gasteiger partial charge in [0.25, 0.3) is 0 Å². The van der Waals surface area contributed by atoms with Gasteiger partial charge < -0.3 is 19.5 Å². The zero-order chi connectivity index (χ0) is 18.5. The molecule has 26 heavy (non-hydrogen) atoms. The molecule has 6 heteroatoms. The van der Waals surface area contributed by atoms with E-state index >= 15 is 0 Å². The summed E-state index contributed by atoms with van der Waals surface area (Å²) in [6.45, 7) is 3.46. The lowest BCUT2D eigenvalue weighted by molar-refractivity contribution is 0.152. The van der Waals surface area contributed by atoms with Gasteiger partial charge in [-0.15, -0.1) is 0 Å². The number of piperazine rings is 1. The van der Waals surface area contributed by atoms with Gasteiger partial charge in [-0.25, -0.2) is 0 Å². The lowest BCUT2D eigenvalue weighted by Gasteiger charge is -2.37. The molecule has 0 aliphatic carbocycles. The van der Waals surface area contributed by atoms with Gasteiger partial charge in [0.1, 0.15) is 0 Å². The Kier molecular flexibility index (Phi) is 6.25. The van der Waals surface area contributed by atoms with Crippen LogP contribution >= 0.6 is 11.6 Å². The molecule has 3 rings (SSSR count). The molecule has 0 bridgehead atoms. The SMILES string of the molecule is COc1ccc(CN2CCNCC2c2ccccc2Cl)c(OC)c1OC. The van der Waals surface area contributed by atoms with Crippen molar-refractivity contribution in [2.75, 3.05) is 41.0 Å². The van der Waals surface area contributed by atoms with Crippen molar-refractivity contribution < 1.29 is 14.2 Å². The van der Waals surface area contributed by atoms with E-state index in [1.807, 2.05) is 30.3 Å². The number of benzene rings is 2. The monoisotopic (exact) mass is 376 g/mol. The quantitative estimate of drug-likeness (QED) is 0.835. The molecule has 1 atom stereocenters. The van der Waals surface area contributed by atoms with Crippen LogP contribution in [0.15, 0.2) is 36.4 Å². The second-order valence-electron chi connectivity index (χ2n) is 6.21. The van der Waals surface area contributed by atoms with Crippen LogP contribution in [0.3, 0.4) is 0 Å². The number of hydrogen-bond acceptors (Lipinski definition) is 5. The highest BCUT2D eigenvalue weighted by atomic mass is 35.5. The highest BCUT2D eigenvalue weighted by molar-refractivity contribution is 6.31. The Morgan fingerprint density at radius 2 is 1.81 bits per heavy atom. The summed E-state index contributed by atoms with van der Waals surface area (Å²) in [5.74, 6) is 2.00. The largest absolute Gasteiger partial charge is 0.493 e. The molecule has 1 aliphatic rings. The van der Waals surface area contributed by atoms with Gasteiger partial charge in [-0.05, 0) is 17.7 Å². The Bertz CT molecular complexity index is 754. The third-order valence-electron chi connectivity index (χ3n) is 4.78. The van der Waals surface area contributed by atoms with Crippen LogP contribution in [0.5, 0.6) is 17.2 Å². The first-order valence-electron chi connectivity index (χ1n) is 8.66. The molecule has 1 aliphatic heterocycles. The fourth-order valence-electron chi connectivity index (χ4n) is 3.49. The van der Waals surface area contributed by atoms with E-state index in [4.69, 9.17) is 25.8 Å². The standard InChI is InChI=1S/C20H25ClN2O3/c1-24-18-9-8-14(19(25-2)20(18)26-3)13-23-11-10-22-12-17(23)15-6-4-5-7-16(15)21/h4-9,17,22H,10-13H2,1-3H3. The Balaban J connectivity index is 1.92. The van der Waals surface area contributed by atoms with Crippen molar-refractivity contribution in [3.8, 4) is 17.2 Å². The molecule has 5 nitrogen and oxygen atoms in total. The minimum atomic E-state index is 0.204. The van der Waals surface area contributed by atoms with Gasteiger partial charge in [0.05, 0.1) is 21.3 Å². The average molecular weight is 377 g/mol. The lowest BCUT2D eigenvalue weighted by atomic mass is 10.0. The van der Waals surface area contributed by atoms with Crippen LogP contribution in [-0.2, 0) is 6.54 Å². The molecule has 0 radical (unpaired) electrons. The van der Waals surface area contributed by atoms with Gasteiger partial charge in [0.15, 0.2) is 11.5 Å². The zero-order valence-corrected chi connectivity index (χ0v) is 16.2. The van der Waals surface area contributed by atoms with Crippen LogP contribution in [0.1, 0.15) is 17.2 Å². The topological polar surface area (TPSA) is 43.0 Å². The van der Waals surface area contributed by atoms with Crippen molar-refractivity contribution in [3.63, 3.8) is 0 Å². The summed E-state index contributed by atoms with van der Waals surface area (Å²) < 4.78 is 16.5. The molecule has 1 unspecified atom stereocenters. The highest BCUT2D eigenvalue weighted by Crippen LogP contribution is 2.41. The second kappa shape index (κ2) is 8.62. The summed E-state index contributed by atoms with van der Waals surface area (Å²) in [6.07, 6.45) is 0. The van der Waals surface area contributed by atoms with Crippen LogP contribution < -0.4 is 19.5 Å². The van der Waals surface area contributed by atoms with Gasteiger partial charge in [-0.3, -0.25) is 4.90 Å². The first kappa shape index (κ1) is 18.8. The van der Waals surface area contributed by atoms with E-state index in [1.54, 1.807) is 21.3 Å².